The summed E-state index contributed by atoms with van der Waals surface area (Å²) < 4.78 is 5.33. The van der Waals surface area contributed by atoms with Gasteiger partial charge in [0.1, 0.15) is 5.75 Å². The van der Waals surface area contributed by atoms with E-state index in [9.17, 15) is 24.0 Å². The van der Waals surface area contributed by atoms with E-state index in [2.05, 4.69) is 60.3 Å². The Labute approximate surface area is 339 Å². The predicted molar refractivity (Wildman–Crippen MR) is 224 cm³/mol. The standard InChI is InChI=1S/C42H43N9O6S/c1-5-51(6-2)20-19-44-40(55)38-25(3)34(46-26(38)4)22-32-31-21-29(9-12-33(31)48-39(32)54)47-36(52)13-14-37(53)57-30-10-7-27(8-11-30)23-45-41(56)50-42-49-35(24-58-42)28-15-17-43-18-16-28/h7-18,21-22,24,46H,5-6,19-20,23H2,1-4H3,(H,44,55)(H,47,52)(H,48,54)(H2,45,49,50,56)/b14-13+,32-22-. The zero-order valence-electron chi connectivity index (χ0n) is 32.4. The molecule has 0 saturated carbocycles. The Kier molecular flexibility index (Phi) is 13.2. The molecule has 5 aromatic rings. The van der Waals surface area contributed by atoms with Crippen molar-refractivity contribution in [3.8, 4) is 17.0 Å². The molecule has 58 heavy (non-hydrogen) atoms. The number of carbonyl (C=O) groups excluding carboxylic acids is 5. The van der Waals surface area contributed by atoms with E-state index in [1.807, 2.05) is 31.4 Å². The summed E-state index contributed by atoms with van der Waals surface area (Å²) in [5.41, 5.74) is 6.85. The summed E-state index contributed by atoms with van der Waals surface area (Å²) in [5.74, 6) is -1.61. The first kappa shape index (κ1) is 40.7. The van der Waals surface area contributed by atoms with Crippen LogP contribution in [0.1, 0.15) is 52.3 Å². The number of thiazole rings is 1. The topological polar surface area (TPSA) is 200 Å². The number of esters is 1. The third-order valence-electron chi connectivity index (χ3n) is 9.34. The number of anilines is 3. The molecule has 0 bridgehead atoms. The van der Waals surface area contributed by atoms with Gasteiger partial charge in [0, 0.05) is 83.4 Å². The molecule has 4 heterocycles. The lowest BCUT2D eigenvalue weighted by Gasteiger charge is -2.18. The van der Waals surface area contributed by atoms with Crippen LogP contribution in [0, 0.1) is 13.8 Å². The lowest BCUT2D eigenvalue weighted by molar-refractivity contribution is -0.129. The number of fused-ring (bicyclic) bond motifs is 1. The van der Waals surface area contributed by atoms with Gasteiger partial charge in [-0.2, -0.15) is 0 Å². The van der Waals surface area contributed by atoms with Crippen molar-refractivity contribution in [3.05, 3.63) is 118 Å². The number of aryl methyl sites for hydroxylation is 1. The van der Waals surface area contributed by atoms with Gasteiger partial charge in [0.2, 0.25) is 5.91 Å². The first-order valence-electron chi connectivity index (χ1n) is 18.6. The molecule has 6 N–H and O–H groups in total. The highest BCUT2D eigenvalue weighted by molar-refractivity contribution is 7.14. The molecule has 15 nitrogen and oxygen atoms in total. The average Bonchev–Trinajstić information content (AvgIpc) is 3.89. The van der Waals surface area contributed by atoms with Crippen molar-refractivity contribution < 1.29 is 28.7 Å². The predicted octanol–water partition coefficient (Wildman–Crippen LogP) is 6.14. The number of amides is 5. The minimum absolute atomic E-state index is 0.185. The third-order valence-corrected chi connectivity index (χ3v) is 10.1. The van der Waals surface area contributed by atoms with Crippen molar-refractivity contribution in [2.24, 2.45) is 0 Å². The zero-order valence-corrected chi connectivity index (χ0v) is 33.2. The van der Waals surface area contributed by atoms with E-state index in [4.69, 9.17) is 4.74 Å². The van der Waals surface area contributed by atoms with Crippen LogP contribution >= 0.6 is 11.3 Å². The summed E-state index contributed by atoms with van der Waals surface area (Å²) in [7, 11) is 0. The molecule has 16 heteroatoms. The molecule has 0 aliphatic carbocycles. The molecule has 2 aromatic carbocycles. The van der Waals surface area contributed by atoms with E-state index in [0.29, 0.717) is 56.7 Å². The summed E-state index contributed by atoms with van der Waals surface area (Å²) in [6, 6.07) is 14.8. The Morgan fingerprint density at radius 1 is 0.931 bits per heavy atom. The number of nitrogens with one attached hydrogen (secondary N) is 6. The smallest absolute Gasteiger partial charge is 0.336 e. The highest BCUT2D eigenvalue weighted by Crippen LogP contribution is 2.36. The Bertz CT molecular complexity index is 2380. The van der Waals surface area contributed by atoms with Gasteiger partial charge < -0.3 is 35.9 Å². The van der Waals surface area contributed by atoms with E-state index in [0.717, 1.165) is 48.6 Å². The summed E-state index contributed by atoms with van der Waals surface area (Å²) in [4.78, 5) is 77.7. The van der Waals surface area contributed by atoms with E-state index >= 15 is 0 Å². The van der Waals surface area contributed by atoms with Gasteiger partial charge in [-0.25, -0.2) is 14.6 Å². The van der Waals surface area contributed by atoms with Crippen molar-refractivity contribution >= 4 is 69.2 Å². The van der Waals surface area contributed by atoms with Crippen molar-refractivity contribution in [2.45, 2.75) is 34.2 Å². The maximum atomic E-state index is 13.1. The molecule has 0 saturated heterocycles. The van der Waals surface area contributed by atoms with Crippen LogP contribution in [0.5, 0.6) is 5.75 Å². The number of hydrogen-bond donors (Lipinski definition) is 6. The number of rotatable bonds is 15. The van der Waals surface area contributed by atoms with Gasteiger partial charge in [-0.15, -0.1) is 11.3 Å². The molecular formula is C42H43N9O6S. The van der Waals surface area contributed by atoms with Gasteiger partial charge >= 0.3 is 12.0 Å². The van der Waals surface area contributed by atoms with E-state index in [1.54, 1.807) is 60.9 Å². The molecule has 1 aliphatic rings. The highest BCUT2D eigenvalue weighted by Gasteiger charge is 2.26. The minimum atomic E-state index is -0.766. The van der Waals surface area contributed by atoms with E-state index < -0.39 is 17.9 Å². The van der Waals surface area contributed by atoms with Crippen LogP contribution in [0.3, 0.4) is 0 Å². The minimum Gasteiger partial charge on any atom is -0.423 e. The molecule has 5 amide bonds. The fraction of sp³-hybridized carbons (Fsp3) is 0.214. The molecule has 1 aliphatic heterocycles. The Morgan fingerprint density at radius 3 is 2.43 bits per heavy atom. The lowest BCUT2D eigenvalue weighted by Crippen LogP contribution is -2.35. The first-order valence-corrected chi connectivity index (χ1v) is 19.5. The monoisotopic (exact) mass is 801 g/mol. The SMILES string of the molecule is CCN(CC)CCNC(=O)c1c(C)[nH]c(/C=C2\C(=O)Nc3ccc(NC(=O)/C=C/C(=O)Oc4ccc(CNC(=O)Nc5nc(-c6ccncc6)cs5)cc4)cc32)c1C. The molecule has 0 fully saturated rings. The molecule has 3 aromatic heterocycles. The van der Waals surface area contributed by atoms with Gasteiger partial charge in [-0.05, 0) is 86.6 Å². The lowest BCUT2D eigenvalue weighted by atomic mass is 10.0. The molecule has 0 radical (unpaired) electrons. The van der Waals surface area contributed by atoms with Crippen molar-refractivity contribution in [3.63, 3.8) is 0 Å². The molecule has 0 atom stereocenters. The van der Waals surface area contributed by atoms with E-state index in [1.165, 1.54) is 11.3 Å². The molecule has 0 spiro atoms. The van der Waals surface area contributed by atoms with Gasteiger partial charge in [0.15, 0.2) is 5.13 Å². The maximum Gasteiger partial charge on any atom is 0.336 e. The summed E-state index contributed by atoms with van der Waals surface area (Å²) in [6.07, 6.45) is 7.10. The number of aromatic nitrogens is 3. The van der Waals surface area contributed by atoms with Crippen LogP contribution < -0.4 is 31.3 Å². The molecular weight excluding hydrogens is 759 g/mol. The average molecular weight is 802 g/mol. The number of nitrogens with zero attached hydrogens (tertiary/aromatic N) is 3. The van der Waals surface area contributed by atoms with Crippen LogP contribution in [0.25, 0.3) is 22.9 Å². The van der Waals surface area contributed by atoms with Gasteiger partial charge in [0.05, 0.1) is 16.8 Å². The highest BCUT2D eigenvalue weighted by atomic mass is 32.1. The number of carbonyl (C=O) groups is 5. The number of benzene rings is 2. The van der Waals surface area contributed by atoms with E-state index in [-0.39, 0.29) is 24.1 Å². The normalized spacial score (nSPS) is 12.7. The molecule has 298 valence electrons. The first-order chi connectivity index (χ1) is 28.0. The van der Waals surface area contributed by atoms with Crippen LogP contribution in [0.15, 0.2) is 84.5 Å². The number of ether oxygens (including phenoxy) is 1. The van der Waals surface area contributed by atoms with Gasteiger partial charge in [-0.3, -0.25) is 24.7 Å². The number of hydrogen-bond acceptors (Lipinski definition) is 10. The fourth-order valence-corrected chi connectivity index (χ4v) is 6.95. The van der Waals surface area contributed by atoms with Crippen molar-refractivity contribution in [2.75, 3.05) is 42.1 Å². The Balaban J connectivity index is 0.992. The molecule has 0 unspecified atom stereocenters. The molecule has 6 rings (SSSR count). The second-order valence-electron chi connectivity index (χ2n) is 13.2. The van der Waals surface area contributed by atoms with Crippen LogP contribution in [0.2, 0.25) is 0 Å². The van der Waals surface area contributed by atoms with Crippen LogP contribution in [0.4, 0.5) is 21.3 Å². The Morgan fingerprint density at radius 2 is 1.69 bits per heavy atom. The second kappa shape index (κ2) is 18.8. The largest absolute Gasteiger partial charge is 0.423 e. The second-order valence-corrected chi connectivity index (χ2v) is 14.0. The third kappa shape index (κ3) is 10.3. The maximum absolute atomic E-state index is 13.1. The van der Waals surface area contributed by atoms with Crippen molar-refractivity contribution in [1.29, 1.82) is 0 Å². The number of urea groups is 1. The van der Waals surface area contributed by atoms with Gasteiger partial charge in [-0.1, -0.05) is 26.0 Å². The number of pyridine rings is 1. The zero-order chi connectivity index (χ0) is 41.2. The quantitative estimate of drug-likeness (QED) is 0.0409. The number of H-pyrrole nitrogens is 1. The number of aromatic amines is 1. The van der Waals surface area contributed by atoms with Crippen molar-refractivity contribution in [1.82, 2.24) is 30.5 Å². The summed E-state index contributed by atoms with van der Waals surface area (Å²) in [5, 5.41) is 16.3. The summed E-state index contributed by atoms with van der Waals surface area (Å²) >= 11 is 1.31. The fourth-order valence-electron chi connectivity index (χ4n) is 6.23. The van der Waals surface area contributed by atoms with Crippen LogP contribution in [-0.2, 0) is 20.9 Å². The van der Waals surface area contributed by atoms with Crippen LogP contribution in [-0.4, -0.2) is 75.8 Å². The van der Waals surface area contributed by atoms with Gasteiger partial charge in [0.25, 0.3) is 11.8 Å². The number of likely N-dealkylation sites (N-methyl/N-ethyl adjacent to an activating group) is 1. The Hall–Kier alpha value is -6.91. The summed E-state index contributed by atoms with van der Waals surface area (Å²) in [6.45, 7) is 11.1.